The Morgan fingerprint density at radius 3 is 2.29 bits per heavy atom. The van der Waals surface area contributed by atoms with Crippen LogP contribution in [0.25, 0.3) is 0 Å². The molecule has 146 valence electrons. The lowest BCUT2D eigenvalue weighted by Crippen LogP contribution is -2.39. The van der Waals surface area contributed by atoms with E-state index in [4.69, 9.17) is 11.6 Å². The largest absolute Gasteiger partial charge is 0.345 e. The molecule has 0 spiro atoms. The molecule has 0 aliphatic heterocycles. The molecule has 0 N–H and O–H groups in total. The molecule has 3 rings (SSSR count). The van der Waals surface area contributed by atoms with E-state index in [1.165, 1.54) is 0 Å². The topological polar surface area (TPSA) is 25.2 Å². The van der Waals surface area contributed by atoms with Gasteiger partial charge in [0.25, 0.3) is 0 Å². The molecule has 1 heterocycles. The van der Waals surface area contributed by atoms with Crippen molar-refractivity contribution in [3.63, 3.8) is 0 Å². The number of aromatic nitrogens is 1. The smallest absolute Gasteiger partial charge is 0.228 e. The first-order chi connectivity index (χ1) is 13.3. The average Bonchev–Trinajstić information content (AvgIpc) is 3.09. The molecule has 0 fully saturated rings. The highest BCUT2D eigenvalue weighted by molar-refractivity contribution is 6.31. The van der Waals surface area contributed by atoms with Crippen LogP contribution in [0, 0.1) is 5.41 Å². The number of rotatable bonds is 6. The maximum atomic E-state index is 13.1. The molecule has 1 aromatic heterocycles. The predicted molar refractivity (Wildman–Crippen MR) is 115 cm³/mol. The van der Waals surface area contributed by atoms with E-state index in [9.17, 15) is 4.79 Å². The number of amides is 1. The number of halogens is 1. The SMILES string of the molecule is CC(C)(C)C(=O)N(Cc1ccccc1)Cc1cccn1Cc1ccccc1Cl. The van der Waals surface area contributed by atoms with Crippen molar-refractivity contribution in [2.45, 2.75) is 40.4 Å². The van der Waals surface area contributed by atoms with Crippen LogP contribution in [0.5, 0.6) is 0 Å². The van der Waals surface area contributed by atoms with Crippen LogP contribution in [0.4, 0.5) is 0 Å². The van der Waals surface area contributed by atoms with E-state index < -0.39 is 5.41 Å². The number of hydrogen-bond acceptors (Lipinski definition) is 1. The van der Waals surface area contributed by atoms with Crippen molar-refractivity contribution in [1.82, 2.24) is 9.47 Å². The van der Waals surface area contributed by atoms with Crippen molar-refractivity contribution in [3.8, 4) is 0 Å². The summed E-state index contributed by atoms with van der Waals surface area (Å²) >= 11 is 6.34. The van der Waals surface area contributed by atoms with E-state index in [0.29, 0.717) is 19.6 Å². The van der Waals surface area contributed by atoms with Crippen molar-refractivity contribution in [1.29, 1.82) is 0 Å². The highest BCUT2D eigenvalue weighted by Gasteiger charge is 2.28. The molecule has 0 atom stereocenters. The zero-order chi connectivity index (χ0) is 20.1. The molecule has 3 aromatic rings. The average molecular weight is 395 g/mol. The maximum Gasteiger partial charge on any atom is 0.228 e. The van der Waals surface area contributed by atoms with Gasteiger partial charge in [0.2, 0.25) is 5.91 Å². The molecular formula is C24H27ClN2O. The molecule has 0 aliphatic carbocycles. The zero-order valence-electron chi connectivity index (χ0n) is 16.7. The second kappa shape index (κ2) is 8.66. The van der Waals surface area contributed by atoms with Gasteiger partial charge in [0.1, 0.15) is 0 Å². The molecule has 2 aromatic carbocycles. The zero-order valence-corrected chi connectivity index (χ0v) is 17.5. The van der Waals surface area contributed by atoms with Gasteiger partial charge < -0.3 is 9.47 Å². The standard InChI is InChI=1S/C24H27ClN2O/c1-24(2,3)23(28)27(16-19-10-5-4-6-11-19)18-21-13-9-15-26(21)17-20-12-7-8-14-22(20)25/h4-15H,16-18H2,1-3H3. The van der Waals surface area contributed by atoms with Crippen LogP contribution >= 0.6 is 11.6 Å². The molecule has 28 heavy (non-hydrogen) atoms. The first-order valence-corrected chi connectivity index (χ1v) is 9.93. The van der Waals surface area contributed by atoms with E-state index >= 15 is 0 Å². The summed E-state index contributed by atoms with van der Waals surface area (Å²) in [5.41, 5.74) is 2.85. The molecular weight excluding hydrogens is 368 g/mol. The molecule has 0 aliphatic rings. The lowest BCUT2D eigenvalue weighted by atomic mass is 9.94. The summed E-state index contributed by atoms with van der Waals surface area (Å²) in [6.07, 6.45) is 2.04. The molecule has 1 amide bonds. The van der Waals surface area contributed by atoms with Crippen LogP contribution in [0.1, 0.15) is 37.6 Å². The van der Waals surface area contributed by atoms with Gasteiger partial charge in [-0.3, -0.25) is 4.79 Å². The van der Waals surface area contributed by atoms with Crippen LogP contribution < -0.4 is 0 Å². The van der Waals surface area contributed by atoms with Crippen molar-refractivity contribution in [2.75, 3.05) is 0 Å². The van der Waals surface area contributed by atoms with Crippen LogP contribution in [-0.4, -0.2) is 15.4 Å². The molecule has 4 heteroatoms. The molecule has 0 radical (unpaired) electrons. The van der Waals surface area contributed by atoms with Crippen molar-refractivity contribution < 1.29 is 4.79 Å². The Balaban J connectivity index is 1.84. The van der Waals surface area contributed by atoms with E-state index in [-0.39, 0.29) is 5.91 Å². The van der Waals surface area contributed by atoms with E-state index in [1.807, 2.05) is 80.4 Å². The second-order valence-electron chi connectivity index (χ2n) is 8.12. The highest BCUT2D eigenvalue weighted by atomic mass is 35.5. The third-order valence-electron chi connectivity index (χ3n) is 4.72. The van der Waals surface area contributed by atoms with Crippen LogP contribution in [0.3, 0.4) is 0 Å². The summed E-state index contributed by atoms with van der Waals surface area (Å²) in [4.78, 5) is 15.1. The van der Waals surface area contributed by atoms with Gasteiger partial charge in [-0.15, -0.1) is 0 Å². The minimum atomic E-state index is -0.436. The Hall–Kier alpha value is -2.52. The number of hydrogen-bond donors (Lipinski definition) is 0. The summed E-state index contributed by atoms with van der Waals surface area (Å²) in [5.74, 6) is 0.141. The van der Waals surface area contributed by atoms with Gasteiger partial charge in [-0.2, -0.15) is 0 Å². The van der Waals surface area contributed by atoms with Crippen LogP contribution in [0.2, 0.25) is 5.02 Å². The fraction of sp³-hybridized carbons (Fsp3) is 0.292. The number of nitrogens with zero attached hydrogens (tertiary/aromatic N) is 2. The summed E-state index contributed by atoms with van der Waals surface area (Å²) in [5, 5.41) is 0.758. The molecule has 0 unspecified atom stereocenters. The van der Waals surface area contributed by atoms with Crippen LogP contribution in [0.15, 0.2) is 72.9 Å². The summed E-state index contributed by atoms with van der Waals surface area (Å²) in [6.45, 7) is 7.74. The van der Waals surface area contributed by atoms with E-state index in [2.05, 4.69) is 22.8 Å². The Morgan fingerprint density at radius 1 is 0.929 bits per heavy atom. The Morgan fingerprint density at radius 2 is 1.61 bits per heavy atom. The third-order valence-corrected chi connectivity index (χ3v) is 5.09. The van der Waals surface area contributed by atoms with Gasteiger partial charge in [0.15, 0.2) is 0 Å². The van der Waals surface area contributed by atoms with Gasteiger partial charge >= 0.3 is 0 Å². The molecule has 0 saturated carbocycles. The Labute approximate surface area is 172 Å². The third kappa shape index (κ3) is 5.05. The van der Waals surface area contributed by atoms with E-state index in [1.54, 1.807) is 0 Å². The van der Waals surface area contributed by atoms with Gasteiger partial charge in [0, 0.05) is 35.4 Å². The number of carbonyl (C=O) groups is 1. The van der Waals surface area contributed by atoms with Gasteiger partial charge in [-0.25, -0.2) is 0 Å². The first-order valence-electron chi connectivity index (χ1n) is 9.55. The minimum absolute atomic E-state index is 0.141. The fourth-order valence-corrected chi connectivity index (χ4v) is 3.43. The Bertz CT molecular complexity index is 925. The normalized spacial score (nSPS) is 11.4. The van der Waals surface area contributed by atoms with Crippen molar-refractivity contribution in [3.05, 3.63) is 94.8 Å². The Kier molecular flexibility index (Phi) is 6.25. The number of benzene rings is 2. The lowest BCUT2D eigenvalue weighted by Gasteiger charge is -2.30. The van der Waals surface area contributed by atoms with Crippen molar-refractivity contribution in [2.24, 2.45) is 5.41 Å². The summed E-state index contributed by atoms with van der Waals surface area (Å²) in [7, 11) is 0. The predicted octanol–water partition coefficient (Wildman–Crippen LogP) is 5.76. The molecule has 0 bridgehead atoms. The summed E-state index contributed by atoms with van der Waals surface area (Å²) < 4.78 is 2.16. The van der Waals surface area contributed by atoms with E-state index in [0.717, 1.165) is 21.8 Å². The molecule has 0 saturated heterocycles. The van der Waals surface area contributed by atoms with Crippen LogP contribution in [-0.2, 0) is 24.4 Å². The number of carbonyl (C=O) groups excluding carboxylic acids is 1. The fourth-order valence-electron chi connectivity index (χ4n) is 3.23. The van der Waals surface area contributed by atoms with Gasteiger partial charge in [0.05, 0.1) is 6.54 Å². The minimum Gasteiger partial charge on any atom is -0.345 e. The quantitative estimate of drug-likeness (QED) is 0.521. The highest BCUT2D eigenvalue weighted by Crippen LogP contribution is 2.23. The lowest BCUT2D eigenvalue weighted by molar-refractivity contribution is -0.140. The monoisotopic (exact) mass is 394 g/mol. The first kappa shape index (κ1) is 20.2. The van der Waals surface area contributed by atoms with Gasteiger partial charge in [-0.1, -0.05) is 80.9 Å². The maximum absolute atomic E-state index is 13.1. The molecule has 3 nitrogen and oxygen atoms in total. The van der Waals surface area contributed by atoms with Crippen molar-refractivity contribution >= 4 is 17.5 Å². The summed E-state index contributed by atoms with van der Waals surface area (Å²) in [6, 6.07) is 22.1. The van der Waals surface area contributed by atoms with Gasteiger partial charge in [-0.05, 0) is 29.3 Å². The second-order valence-corrected chi connectivity index (χ2v) is 8.52.